The smallest absolute Gasteiger partial charge is 0.216 e. The summed E-state index contributed by atoms with van der Waals surface area (Å²) in [5.41, 5.74) is 1.77. The zero-order valence-electron chi connectivity index (χ0n) is 13.7. The Balaban J connectivity index is 1.82. The number of Topliss-reactive ketones (excluding diaryl/α,β-unsaturated/α-hetero) is 1. The molecule has 24 heavy (non-hydrogen) atoms. The molecule has 0 atom stereocenters. The van der Waals surface area contributed by atoms with Crippen LogP contribution in [-0.2, 0) is 11.2 Å². The number of nitrogens with one attached hydrogen (secondary N) is 2. The minimum atomic E-state index is -0.0345. The number of benzene rings is 1. The molecular weight excluding hydrogens is 344 g/mol. The van der Waals surface area contributed by atoms with Gasteiger partial charge < -0.3 is 10.6 Å². The van der Waals surface area contributed by atoms with Gasteiger partial charge in [0.2, 0.25) is 11.0 Å². The van der Waals surface area contributed by atoms with E-state index in [0.29, 0.717) is 17.9 Å². The summed E-state index contributed by atoms with van der Waals surface area (Å²) in [6.45, 7) is 4.90. The quantitative estimate of drug-likeness (QED) is 0.526. The van der Waals surface area contributed by atoms with Gasteiger partial charge in [0.1, 0.15) is 0 Å². The molecular formula is C16H20N4O2S2. The van der Waals surface area contributed by atoms with Gasteiger partial charge in [0.25, 0.3) is 0 Å². The van der Waals surface area contributed by atoms with Crippen molar-refractivity contribution in [2.75, 3.05) is 24.2 Å². The number of anilines is 1. The van der Waals surface area contributed by atoms with Crippen molar-refractivity contribution in [3.8, 4) is 0 Å². The molecule has 2 rings (SSSR count). The largest absolute Gasteiger partial charge is 0.360 e. The lowest BCUT2D eigenvalue weighted by Crippen LogP contribution is -2.22. The first kappa shape index (κ1) is 18.4. The lowest BCUT2D eigenvalue weighted by Gasteiger charge is -2.04. The monoisotopic (exact) mass is 364 g/mol. The molecule has 1 heterocycles. The van der Waals surface area contributed by atoms with Gasteiger partial charge in [-0.3, -0.25) is 9.59 Å². The van der Waals surface area contributed by atoms with Crippen LogP contribution in [0.3, 0.4) is 0 Å². The number of aromatic nitrogens is 2. The van der Waals surface area contributed by atoms with Crippen molar-refractivity contribution < 1.29 is 9.59 Å². The number of thioether (sulfide) groups is 1. The average molecular weight is 364 g/mol. The lowest BCUT2D eigenvalue weighted by atomic mass is 10.1. The van der Waals surface area contributed by atoms with Crippen molar-refractivity contribution in [3.05, 3.63) is 35.4 Å². The van der Waals surface area contributed by atoms with Crippen LogP contribution in [0.1, 0.15) is 29.8 Å². The Bertz CT molecular complexity index is 686. The third-order valence-electron chi connectivity index (χ3n) is 3.12. The van der Waals surface area contributed by atoms with E-state index >= 15 is 0 Å². The van der Waals surface area contributed by atoms with E-state index < -0.39 is 0 Å². The van der Waals surface area contributed by atoms with Gasteiger partial charge in [0, 0.05) is 25.6 Å². The highest BCUT2D eigenvalue weighted by molar-refractivity contribution is 8.01. The van der Waals surface area contributed by atoms with E-state index in [1.807, 2.05) is 31.2 Å². The van der Waals surface area contributed by atoms with E-state index in [4.69, 9.17) is 0 Å². The van der Waals surface area contributed by atoms with Crippen LogP contribution in [0.4, 0.5) is 5.13 Å². The summed E-state index contributed by atoms with van der Waals surface area (Å²) in [6, 6.07) is 7.51. The summed E-state index contributed by atoms with van der Waals surface area (Å²) in [6.07, 6.45) is 0.751. The van der Waals surface area contributed by atoms with E-state index in [9.17, 15) is 9.59 Å². The fourth-order valence-electron chi connectivity index (χ4n) is 1.94. The van der Waals surface area contributed by atoms with Gasteiger partial charge in [0.05, 0.1) is 5.75 Å². The Morgan fingerprint density at radius 3 is 2.62 bits per heavy atom. The Kier molecular flexibility index (Phi) is 7.20. The highest BCUT2D eigenvalue weighted by atomic mass is 32.2. The van der Waals surface area contributed by atoms with E-state index in [-0.39, 0.29) is 11.7 Å². The predicted molar refractivity (Wildman–Crippen MR) is 98.0 cm³/mol. The minimum Gasteiger partial charge on any atom is -0.360 e. The van der Waals surface area contributed by atoms with Gasteiger partial charge >= 0.3 is 0 Å². The molecule has 0 aliphatic rings. The molecule has 1 aromatic heterocycles. The number of carbonyl (C=O) groups excluding carboxylic acids is 2. The van der Waals surface area contributed by atoms with Crippen LogP contribution >= 0.6 is 23.1 Å². The average Bonchev–Trinajstić information content (AvgIpc) is 3.01. The molecule has 128 valence electrons. The van der Waals surface area contributed by atoms with E-state index in [0.717, 1.165) is 28.0 Å². The summed E-state index contributed by atoms with van der Waals surface area (Å²) < 4.78 is 0.784. The molecule has 0 fully saturated rings. The summed E-state index contributed by atoms with van der Waals surface area (Å²) in [5, 5.41) is 14.7. The zero-order valence-corrected chi connectivity index (χ0v) is 15.3. The zero-order chi connectivity index (χ0) is 17.4. The number of ketones is 1. The van der Waals surface area contributed by atoms with Gasteiger partial charge in [-0.05, 0) is 18.9 Å². The summed E-state index contributed by atoms with van der Waals surface area (Å²) >= 11 is 2.85. The molecule has 6 nitrogen and oxygen atoms in total. The molecule has 1 aromatic carbocycles. The molecule has 0 spiro atoms. The van der Waals surface area contributed by atoms with Crippen molar-refractivity contribution in [1.82, 2.24) is 15.5 Å². The molecule has 8 heteroatoms. The van der Waals surface area contributed by atoms with Crippen LogP contribution in [0.2, 0.25) is 0 Å². The molecule has 0 unspecified atom stereocenters. The summed E-state index contributed by atoms with van der Waals surface area (Å²) in [7, 11) is 0. The number of amides is 1. The van der Waals surface area contributed by atoms with Crippen LogP contribution in [0.25, 0.3) is 0 Å². The van der Waals surface area contributed by atoms with Crippen molar-refractivity contribution in [3.63, 3.8) is 0 Å². The first-order valence-corrected chi connectivity index (χ1v) is 9.45. The summed E-state index contributed by atoms with van der Waals surface area (Å²) in [4.78, 5) is 23.1. The molecule has 0 radical (unpaired) electrons. The molecule has 0 saturated carbocycles. The topological polar surface area (TPSA) is 84.0 Å². The fraction of sp³-hybridized carbons (Fsp3) is 0.375. The van der Waals surface area contributed by atoms with Crippen LogP contribution in [0.15, 0.2) is 28.6 Å². The maximum Gasteiger partial charge on any atom is 0.216 e. The molecule has 0 aliphatic carbocycles. The second-order valence-corrected chi connectivity index (χ2v) is 7.25. The van der Waals surface area contributed by atoms with Gasteiger partial charge in [-0.15, -0.1) is 10.2 Å². The first-order chi connectivity index (χ1) is 11.6. The fourth-order valence-corrected chi connectivity index (χ4v) is 3.66. The maximum atomic E-state index is 12.2. The Morgan fingerprint density at radius 2 is 1.96 bits per heavy atom. The van der Waals surface area contributed by atoms with Gasteiger partial charge in [-0.25, -0.2) is 0 Å². The minimum absolute atomic E-state index is 0.0345. The highest BCUT2D eigenvalue weighted by Crippen LogP contribution is 2.26. The van der Waals surface area contributed by atoms with Crippen molar-refractivity contribution in [2.45, 2.75) is 24.6 Å². The number of hydrogen-bond acceptors (Lipinski definition) is 7. The second-order valence-electron chi connectivity index (χ2n) is 5.05. The lowest BCUT2D eigenvalue weighted by molar-refractivity contribution is -0.118. The van der Waals surface area contributed by atoms with Crippen LogP contribution in [0.5, 0.6) is 0 Å². The SMILES string of the molecule is CCNc1nnc(SCC(=O)c2ccc(CCNC(C)=O)cc2)s1. The van der Waals surface area contributed by atoms with Gasteiger partial charge in [-0.1, -0.05) is 47.4 Å². The molecule has 2 N–H and O–H groups in total. The third kappa shape index (κ3) is 5.93. The number of nitrogens with zero attached hydrogens (tertiary/aromatic N) is 2. The van der Waals surface area contributed by atoms with Gasteiger partial charge in [-0.2, -0.15) is 0 Å². The molecule has 1 amide bonds. The highest BCUT2D eigenvalue weighted by Gasteiger charge is 2.10. The van der Waals surface area contributed by atoms with Crippen molar-refractivity contribution >= 4 is 39.9 Å². The second kappa shape index (κ2) is 9.39. The predicted octanol–water partition coefficient (Wildman–Crippen LogP) is 2.62. The van der Waals surface area contributed by atoms with Crippen LogP contribution < -0.4 is 10.6 Å². The Labute approximate surface area is 149 Å². The maximum absolute atomic E-state index is 12.2. The third-order valence-corrected chi connectivity index (χ3v) is 5.14. The summed E-state index contributed by atoms with van der Waals surface area (Å²) in [5.74, 6) is 0.368. The van der Waals surface area contributed by atoms with Crippen molar-refractivity contribution in [2.24, 2.45) is 0 Å². The standard InChI is InChI=1S/C16H20N4O2S2/c1-3-17-15-19-20-16(24-15)23-10-14(22)13-6-4-12(5-7-13)8-9-18-11(2)21/h4-7H,3,8-10H2,1-2H3,(H,17,19)(H,18,21). The normalized spacial score (nSPS) is 10.4. The number of hydrogen-bond donors (Lipinski definition) is 2. The van der Waals surface area contributed by atoms with Gasteiger partial charge in [0.15, 0.2) is 10.1 Å². The van der Waals surface area contributed by atoms with E-state index in [2.05, 4.69) is 20.8 Å². The number of rotatable bonds is 9. The Hall–Kier alpha value is -1.93. The van der Waals surface area contributed by atoms with Crippen LogP contribution in [0, 0.1) is 0 Å². The van der Waals surface area contributed by atoms with Crippen molar-refractivity contribution in [1.29, 1.82) is 0 Å². The number of carbonyl (C=O) groups is 2. The molecule has 2 aromatic rings. The molecule has 0 bridgehead atoms. The molecule has 0 aliphatic heterocycles. The van der Waals surface area contributed by atoms with Crippen LogP contribution in [-0.4, -0.2) is 40.7 Å². The van der Waals surface area contributed by atoms with E-state index in [1.165, 1.54) is 30.0 Å². The molecule has 0 saturated heterocycles. The first-order valence-electron chi connectivity index (χ1n) is 7.65. The Morgan fingerprint density at radius 1 is 1.21 bits per heavy atom. The van der Waals surface area contributed by atoms with E-state index in [1.54, 1.807) is 0 Å².